The third-order valence-corrected chi connectivity index (χ3v) is 7.60. The number of ether oxygens (including phenoxy) is 1. The minimum atomic E-state index is -5.74. The maximum absolute atomic E-state index is 13.0. The molecule has 36 heavy (non-hydrogen) atoms. The summed E-state index contributed by atoms with van der Waals surface area (Å²) in [6, 6.07) is 5.35. The fourth-order valence-electron chi connectivity index (χ4n) is 5.60. The van der Waals surface area contributed by atoms with Crippen molar-refractivity contribution in [1.29, 1.82) is 0 Å². The van der Waals surface area contributed by atoms with Gasteiger partial charge in [0.15, 0.2) is 6.61 Å². The maximum Gasteiger partial charge on any atom is 0.455 e. The van der Waals surface area contributed by atoms with Crippen molar-refractivity contribution in [2.24, 2.45) is 17.8 Å². The molecule has 1 aromatic rings. The highest BCUT2D eigenvalue weighted by Crippen LogP contribution is 2.48. The predicted octanol–water partition coefficient (Wildman–Crippen LogP) is 4.81. The molecule has 0 heterocycles. The average molecular weight is 522 g/mol. The molecule has 5 nitrogen and oxygen atoms in total. The standard InChI is InChI=1S/C26H36F5NO4/c1-2-3-4-7-18(33)9-10-19-20-11-16-6-5-8-23(21(16)12-17(20)13-22(19)34)36-14-24(35)32-15-25(27,28)26(29,30)31/h5-6,8,17-20,22,33-34H,2-4,7,9-15H2,1H3,(H,32,35)/t17-,18+,19+,20-,22+/m0/s1. The Hall–Kier alpha value is -1.94. The van der Waals surface area contributed by atoms with Gasteiger partial charge in [0, 0.05) is 0 Å². The molecule has 0 aromatic heterocycles. The molecule has 1 aromatic carbocycles. The Morgan fingerprint density at radius 2 is 1.92 bits per heavy atom. The fourth-order valence-corrected chi connectivity index (χ4v) is 5.60. The lowest BCUT2D eigenvalue weighted by Crippen LogP contribution is -2.47. The van der Waals surface area contributed by atoms with E-state index in [2.05, 4.69) is 6.92 Å². The zero-order valence-corrected chi connectivity index (χ0v) is 20.5. The van der Waals surface area contributed by atoms with Crippen molar-refractivity contribution in [3.05, 3.63) is 29.3 Å². The second-order valence-electron chi connectivity index (χ2n) is 10.2. The Morgan fingerprint density at radius 1 is 1.17 bits per heavy atom. The van der Waals surface area contributed by atoms with Gasteiger partial charge in [0.1, 0.15) is 5.75 Å². The summed E-state index contributed by atoms with van der Waals surface area (Å²) in [5.41, 5.74) is 1.89. The van der Waals surface area contributed by atoms with E-state index in [0.29, 0.717) is 25.0 Å². The third-order valence-electron chi connectivity index (χ3n) is 7.60. The molecule has 1 saturated carbocycles. The van der Waals surface area contributed by atoms with Gasteiger partial charge < -0.3 is 20.3 Å². The summed E-state index contributed by atoms with van der Waals surface area (Å²) in [7, 11) is 0. The summed E-state index contributed by atoms with van der Waals surface area (Å²) in [6.07, 6.45) is 0.782. The Morgan fingerprint density at radius 3 is 2.61 bits per heavy atom. The number of nitrogens with one attached hydrogen (secondary N) is 1. The maximum atomic E-state index is 13.0. The number of fused-ring (bicyclic) bond motifs is 2. The summed E-state index contributed by atoms with van der Waals surface area (Å²) in [4.78, 5) is 11.8. The van der Waals surface area contributed by atoms with Crippen molar-refractivity contribution >= 4 is 5.91 Å². The predicted molar refractivity (Wildman–Crippen MR) is 124 cm³/mol. The van der Waals surface area contributed by atoms with Gasteiger partial charge in [-0.2, -0.15) is 22.0 Å². The molecular formula is C26H36F5NO4. The van der Waals surface area contributed by atoms with Gasteiger partial charge in [0.25, 0.3) is 5.91 Å². The summed E-state index contributed by atoms with van der Waals surface area (Å²) in [6.45, 7) is -0.408. The van der Waals surface area contributed by atoms with Crippen LogP contribution >= 0.6 is 0 Å². The quantitative estimate of drug-likeness (QED) is 0.273. The molecule has 3 rings (SSSR count). The van der Waals surface area contributed by atoms with Crippen LogP contribution in [0.15, 0.2) is 18.2 Å². The Kier molecular flexibility index (Phi) is 9.60. The molecule has 2 aliphatic carbocycles. The van der Waals surface area contributed by atoms with Gasteiger partial charge in [-0.15, -0.1) is 0 Å². The molecule has 0 bridgehead atoms. The van der Waals surface area contributed by atoms with E-state index in [1.807, 2.05) is 6.07 Å². The first-order chi connectivity index (χ1) is 16.9. The van der Waals surface area contributed by atoms with Crippen LogP contribution in [0.2, 0.25) is 0 Å². The zero-order valence-electron chi connectivity index (χ0n) is 20.5. The second kappa shape index (κ2) is 12.1. The largest absolute Gasteiger partial charge is 0.483 e. The van der Waals surface area contributed by atoms with E-state index >= 15 is 0 Å². The van der Waals surface area contributed by atoms with Crippen LogP contribution < -0.4 is 10.1 Å². The number of aliphatic hydroxyl groups is 2. The molecule has 0 spiro atoms. The summed E-state index contributed by atoms with van der Waals surface area (Å²) in [5.74, 6) is -5.13. The number of carbonyl (C=O) groups is 1. The summed E-state index contributed by atoms with van der Waals surface area (Å²) in [5, 5.41) is 22.6. The molecule has 0 saturated heterocycles. The second-order valence-corrected chi connectivity index (χ2v) is 10.2. The number of aliphatic hydroxyl groups excluding tert-OH is 2. The van der Waals surface area contributed by atoms with Gasteiger partial charge in [-0.25, -0.2) is 0 Å². The van der Waals surface area contributed by atoms with Crippen molar-refractivity contribution in [3.8, 4) is 5.75 Å². The van der Waals surface area contributed by atoms with E-state index in [0.717, 1.165) is 49.7 Å². The van der Waals surface area contributed by atoms with E-state index in [9.17, 15) is 37.0 Å². The highest BCUT2D eigenvalue weighted by atomic mass is 19.4. The average Bonchev–Trinajstić information content (AvgIpc) is 3.11. The zero-order chi connectivity index (χ0) is 26.5. The van der Waals surface area contributed by atoms with E-state index < -0.39 is 37.3 Å². The molecule has 0 unspecified atom stereocenters. The number of hydrogen-bond acceptors (Lipinski definition) is 4. The molecule has 10 heteroatoms. The Labute approximate surface area is 208 Å². The Balaban J connectivity index is 1.56. The van der Waals surface area contributed by atoms with Gasteiger partial charge in [-0.3, -0.25) is 4.79 Å². The topological polar surface area (TPSA) is 78.8 Å². The van der Waals surface area contributed by atoms with Crippen LogP contribution in [-0.2, 0) is 17.6 Å². The van der Waals surface area contributed by atoms with Crippen LogP contribution in [-0.4, -0.2) is 53.6 Å². The number of rotatable bonds is 12. The molecule has 2 aliphatic rings. The molecule has 5 atom stereocenters. The van der Waals surface area contributed by atoms with E-state index in [1.54, 1.807) is 17.4 Å². The first kappa shape index (κ1) is 28.6. The van der Waals surface area contributed by atoms with Crippen LogP contribution in [0.3, 0.4) is 0 Å². The Bertz CT molecular complexity index is 878. The normalized spacial score (nSPS) is 24.7. The van der Waals surface area contributed by atoms with Crippen molar-refractivity contribution < 1.29 is 41.7 Å². The van der Waals surface area contributed by atoms with Crippen molar-refractivity contribution in [1.82, 2.24) is 5.32 Å². The van der Waals surface area contributed by atoms with Gasteiger partial charge in [0.2, 0.25) is 0 Å². The van der Waals surface area contributed by atoms with Crippen LogP contribution in [0.25, 0.3) is 0 Å². The van der Waals surface area contributed by atoms with E-state index in [4.69, 9.17) is 4.74 Å². The minimum absolute atomic E-state index is 0.0922. The first-order valence-corrected chi connectivity index (χ1v) is 12.7. The lowest BCUT2D eigenvalue weighted by atomic mass is 9.73. The third kappa shape index (κ3) is 7.09. The number of hydrogen-bond donors (Lipinski definition) is 3. The summed E-state index contributed by atoms with van der Waals surface area (Å²) < 4.78 is 68.4. The van der Waals surface area contributed by atoms with Crippen LogP contribution in [0.4, 0.5) is 22.0 Å². The van der Waals surface area contributed by atoms with Crippen LogP contribution in [0.1, 0.15) is 63.0 Å². The monoisotopic (exact) mass is 521 g/mol. The highest BCUT2D eigenvalue weighted by molar-refractivity contribution is 5.77. The van der Waals surface area contributed by atoms with E-state index in [1.165, 1.54) is 0 Å². The lowest BCUT2D eigenvalue weighted by Gasteiger charge is -2.32. The number of unbranched alkanes of at least 4 members (excludes halogenated alkanes) is 2. The molecular weight excluding hydrogens is 485 g/mol. The number of benzene rings is 1. The van der Waals surface area contributed by atoms with Gasteiger partial charge >= 0.3 is 12.1 Å². The summed E-state index contributed by atoms with van der Waals surface area (Å²) >= 11 is 0. The van der Waals surface area contributed by atoms with Crippen LogP contribution in [0, 0.1) is 17.8 Å². The molecule has 3 N–H and O–H groups in total. The lowest BCUT2D eigenvalue weighted by molar-refractivity contribution is -0.278. The molecule has 1 amide bonds. The molecule has 204 valence electrons. The molecule has 0 radical (unpaired) electrons. The van der Waals surface area contributed by atoms with Gasteiger partial charge in [-0.1, -0.05) is 38.3 Å². The fraction of sp³-hybridized carbons (Fsp3) is 0.731. The smallest absolute Gasteiger partial charge is 0.455 e. The van der Waals surface area contributed by atoms with Crippen molar-refractivity contribution in [2.75, 3.05) is 13.2 Å². The van der Waals surface area contributed by atoms with Crippen LogP contribution in [0.5, 0.6) is 5.75 Å². The molecule has 1 fully saturated rings. The van der Waals surface area contributed by atoms with Crippen molar-refractivity contribution in [2.45, 2.75) is 89.0 Å². The minimum Gasteiger partial charge on any atom is -0.483 e. The van der Waals surface area contributed by atoms with Gasteiger partial charge in [0.05, 0.1) is 18.8 Å². The SMILES string of the molecule is CCCCC[C@@H](O)CC[C@@H]1[C@H]2Cc3cccc(OCC(=O)NCC(F)(F)C(F)(F)F)c3C[C@H]2C[C@H]1O. The van der Waals surface area contributed by atoms with Crippen molar-refractivity contribution in [3.63, 3.8) is 0 Å². The van der Waals surface area contributed by atoms with Gasteiger partial charge in [-0.05, 0) is 73.5 Å². The number of carbonyl (C=O) groups excluding carboxylic acids is 1. The number of alkyl halides is 5. The first-order valence-electron chi connectivity index (χ1n) is 12.7. The highest BCUT2D eigenvalue weighted by Gasteiger charge is 2.57. The van der Waals surface area contributed by atoms with E-state index in [-0.39, 0.29) is 23.9 Å². The number of amides is 1. The molecule has 0 aliphatic heterocycles. The number of halogens is 5.